The molecule has 192 valence electrons. The van der Waals surface area contributed by atoms with Crippen molar-refractivity contribution in [2.24, 2.45) is 0 Å². The zero-order chi connectivity index (χ0) is 26.5. The number of phenols is 1. The van der Waals surface area contributed by atoms with Gasteiger partial charge in [-0.05, 0) is 66.1 Å². The SMILES string of the molecule is CC=Cc1cc(OC)c2c(c1)[C@@H](C)[C@H](c1ccc(OC(=O)C=Cc3ccc(O)c(OC)c3)c(OC)c1)O2. The third-order valence-corrected chi connectivity index (χ3v) is 6.22. The minimum Gasteiger partial charge on any atom is -0.504 e. The molecule has 0 fully saturated rings. The highest BCUT2D eigenvalue weighted by Crippen LogP contribution is 2.51. The van der Waals surface area contributed by atoms with Crippen LogP contribution in [0.5, 0.6) is 34.5 Å². The van der Waals surface area contributed by atoms with Crippen LogP contribution in [-0.4, -0.2) is 32.4 Å². The van der Waals surface area contributed by atoms with Crippen LogP contribution in [0.1, 0.15) is 48.1 Å². The number of hydrogen-bond donors (Lipinski definition) is 1. The Morgan fingerprint density at radius 2 is 1.59 bits per heavy atom. The van der Waals surface area contributed by atoms with Gasteiger partial charge in [-0.15, -0.1) is 0 Å². The quantitative estimate of drug-likeness (QED) is 0.220. The van der Waals surface area contributed by atoms with Crippen molar-refractivity contribution in [3.63, 3.8) is 0 Å². The Kier molecular flexibility index (Phi) is 7.72. The van der Waals surface area contributed by atoms with Crippen LogP contribution in [0.3, 0.4) is 0 Å². The summed E-state index contributed by atoms with van der Waals surface area (Å²) in [6.45, 7) is 4.09. The molecule has 0 saturated carbocycles. The van der Waals surface area contributed by atoms with Gasteiger partial charge in [0.15, 0.2) is 34.5 Å². The van der Waals surface area contributed by atoms with E-state index in [9.17, 15) is 9.90 Å². The molecule has 37 heavy (non-hydrogen) atoms. The molecule has 0 unspecified atom stereocenters. The average Bonchev–Trinajstić information content (AvgIpc) is 3.24. The first-order valence-electron chi connectivity index (χ1n) is 11.8. The Balaban J connectivity index is 1.53. The van der Waals surface area contributed by atoms with E-state index < -0.39 is 5.97 Å². The highest BCUT2D eigenvalue weighted by Gasteiger charge is 2.35. The van der Waals surface area contributed by atoms with Crippen LogP contribution in [-0.2, 0) is 4.79 Å². The van der Waals surface area contributed by atoms with E-state index >= 15 is 0 Å². The lowest BCUT2D eigenvalue weighted by molar-refractivity contribution is -0.129. The largest absolute Gasteiger partial charge is 0.504 e. The highest BCUT2D eigenvalue weighted by atomic mass is 16.6. The predicted octanol–water partition coefficient (Wildman–Crippen LogP) is 6.31. The van der Waals surface area contributed by atoms with E-state index in [1.807, 2.05) is 37.3 Å². The summed E-state index contributed by atoms with van der Waals surface area (Å²) in [6.07, 6.45) is 6.63. The first-order valence-corrected chi connectivity index (χ1v) is 11.8. The van der Waals surface area contributed by atoms with Crippen molar-refractivity contribution in [1.82, 2.24) is 0 Å². The first-order chi connectivity index (χ1) is 17.9. The zero-order valence-corrected chi connectivity index (χ0v) is 21.5. The Bertz CT molecular complexity index is 1360. The van der Waals surface area contributed by atoms with Crippen molar-refractivity contribution >= 4 is 18.1 Å². The Labute approximate surface area is 216 Å². The van der Waals surface area contributed by atoms with E-state index in [1.54, 1.807) is 31.4 Å². The molecule has 1 aliphatic heterocycles. The number of carbonyl (C=O) groups is 1. The molecule has 0 saturated heterocycles. The fourth-order valence-corrected chi connectivity index (χ4v) is 4.35. The molecule has 3 aromatic carbocycles. The lowest BCUT2D eigenvalue weighted by Crippen LogP contribution is -2.09. The number of ether oxygens (including phenoxy) is 5. The van der Waals surface area contributed by atoms with E-state index in [-0.39, 0.29) is 17.8 Å². The van der Waals surface area contributed by atoms with Crippen LogP contribution in [0.2, 0.25) is 0 Å². The lowest BCUT2D eigenvalue weighted by atomic mass is 9.91. The number of hydrogen-bond acceptors (Lipinski definition) is 7. The molecule has 7 heteroatoms. The van der Waals surface area contributed by atoms with Gasteiger partial charge in [-0.25, -0.2) is 4.79 Å². The monoisotopic (exact) mass is 502 g/mol. The summed E-state index contributed by atoms with van der Waals surface area (Å²) in [5.41, 5.74) is 3.69. The molecule has 0 aromatic heterocycles. The summed E-state index contributed by atoms with van der Waals surface area (Å²) >= 11 is 0. The summed E-state index contributed by atoms with van der Waals surface area (Å²) in [6, 6.07) is 14.2. The number of benzene rings is 3. The molecule has 0 radical (unpaired) electrons. The van der Waals surface area contributed by atoms with Crippen LogP contribution < -0.4 is 23.7 Å². The van der Waals surface area contributed by atoms with Gasteiger partial charge in [0.2, 0.25) is 0 Å². The van der Waals surface area contributed by atoms with Crippen LogP contribution in [0, 0.1) is 0 Å². The van der Waals surface area contributed by atoms with E-state index in [0.717, 1.165) is 22.4 Å². The summed E-state index contributed by atoms with van der Waals surface area (Å²) in [5.74, 6) is 1.96. The van der Waals surface area contributed by atoms with Gasteiger partial charge in [-0.3, -0.25) is 0 Å². The van der Waals surface area contributed by atoms with E-state index in [4.69, 9.17) is 23.7 Å². The summed E-state index contributed by atoms with van der Waals surface area (Å²) < 4.78 is 28.1. The van der Waals surface area contributed by atoms with Crippen molar-refractivity contribution in [2.75, 3.05) is 21.3 Å². The number of esters is 1. The summed E-state index contributed by atoms with van der Waals surface area (Å²) in [7, 11) is 4.62. The molecular weight excluding hydrogens is 472 g/mol. The minimum absolute atomic E-state index is 0.0207. The Morgan fingerprint density at radius 3 is 2.30 bits per heavy atom. The minimum atomic E-state index is -0.572. The van der Waals surface area contributed by atoms with Crippen LogP contribution in [0.15, 0.2) is 60.7 Å². The van der Waals surface area contributed by atoms with Crippen LogP contribution >= 0.6 is 0 Å². The molecule has 2 atom stereocenters. The van der Waals surface area contributed by atoms with E-state index in [2.05, 4.69) is 13.0 Å². The first kappa shape index (κ1) is 25.7. The molecule has 0 spiro atoms. The van der Waals surface area contributed by atoms with Crippen molar-refractivity contribution < 1.29 is 33.6 Å². The van der Waals surface area contributed by atoms with Gasteiger partial charge in [0.25, 0.3) is 0 Å². The van der Waals surface area contributed by atoms with Gasteiger partial charge in [-0.1, -0.05) is 31.2 Å². The maximum Gasteiger partial charge on any atom is 0.336 e. The standard InChI is InChI=1S/C30H30O7/c1-6-7-20-14-22-18(2)29(37-30(22)27(16-20)35-5)21-10-12-24(26(17-21)34-4)36-28(32)13-9-19-8-11-23(31)25(15-19)33-3/h6-18,29,31H,1-5H3/t18-,29-/m1/s1. The number of rotatable bonds is 8. The third-order valence-electron chi connectivity index (χ3n) is 6.22. The fraction of sp³-hybridized carbons (Fsp3) is 0.233. The van der Waals surface area contributed by atoms with Gasteiger partial charge >= 0.3 is 5.97 Å². The molecule has 1 heterocycles. The van der Waals surface area contributed by atoms with Crippen molar-refractivity contribution in [3.05, 3.63) is 82.9 Å². The van der Waals surface area contributed by atoms with Gasteiger partial charge in [-0.2, -0.15) is 0 Å². The number of methoxy groups -OCH3 is 3. The fourth-order valence-electron chi connectivity index (χ4n) is 4.35. The third kappa shape index (κ3) is 5.40. The second-order valence-electron chi connectivity index (χ2n) is 8.56. The molecule has 0 amide bonds. The maximum absolute atomic E-state index is 12.5. The number of carbonyl (C=O) groups excluding carboxylic acids is 1. The van der Waals surface area contributed by atoms with E-state index in [0.29, 0.717) is 28.6 Å². The molecule has 0 aliphatic carbocycles. The number of allylic oxidation sites excluding steroid dienone is 1. The average molecular weight is 503 g/mol. The van der Waals surface area contributed by atoms with Crippen molar-refractivity contribution in [2.45, 2.75) is 25.9 Å². The van der Waals surface area contributed by atoms with Crippen LogP contribution in [0.4, 0.5) is 0 Å². The molecule has 7 nitrogen and oxygen atoms in total. The maximum atomic E-state index is 12.5. The van der Waals surface area contributed by atoms with Gasteiger partial charge in [0.1, 0.15) is 6.10 Å². The molecule has 0 bridgehead atoms. The number of fused-ring (bicyclic) bond motifs is 1. The molecule has 1 aliphatic rings. The van der Waals surface area contributed by atoms with Gasteiger partial charge in [0.05, 0.1) is 21.3 Å². The molecule has 4 rings (SSSR count). The smallest absolute Gasteiger partial charge is 0.336 e. The van der Waals surface area contributed by atoms with Crippen molar-refractivity contribution in [1.29, 1.82) is 0 Å². The second kappa shape index (κ2) is 11.1. The lowest BCUT2D eigenvalue weighted by Gasteiger charge is -2.18. The second-order valence-corrected chi connectivity index (χ2v) is 8.56. The topological polar surface area (TPSA) is 83.5 Å². The van der Waals surface area contributed by atoms with Gasteiger partial charge < -0.3 is 28.8 Å². The normalized spacial score (nSPS) is 16.5. The molecule has 1 N–H and O–H groups in total. The number of aromatic hydroxyl groups is 1. The zero-order valence-electron chi connectivity index (χ0n) is 21.5. The highest BCUT2D eigenvalue weighted by molar-refractivity contribution is 5.89. The number of phenolic OH excluding ortho intramolecular Hbond substituents is 1. The summed E-state index contributed by atoms with van der Waals surface area (Å²) in [4.78, 5) is 12.5. The molecule has 3 aromatic rings. The Hall–Kier alpha value is -4.39. The van der Waals surface area contributed by atoms with Crippen molar-refractivity contribution in [3.8, 4) is 34.5 Å². The summed E-state index contributed by atoms with van der Waals surface area (Å²) in [5, 5.41) is 9.72. The Morgan fingerprint density at radius 1 is 0.865 bits per heavy atom. The van der Waals surface area contributed by atoms with Crippen LogP contribution in [0.25, 0.3) is 12.2 Å². The predicted molar refractivity (Wildman–Crippen MR) is 142 cm³/mol. The van der Waals surface area contributed by atoms with E-state index in [1.165, 1.54) is 26.4 Å². The van der Waals surface area contributed by atoms with Gasteiger partial charge in [0, 0.05) is 17.6 Å². The molecular formula is C30H30O7.